The predicted octanol–water partition coefficient (Wildman–Crippen LogP) is 1.20. The van der Waals surface area contributed by atoms with Crippen LogP contribution in [0.4, 0.5) is 0 Å². The van der Waals surface area contributed by atoms with E-state index < -0.39 is 15.6 Å². The molecule has 7 heteroatoms. The third-order valence-electron chi connectivity index (χ3n) is 7.65. The fraction of sp³-hybridized carbons (Fsp3) is 0.944. The van der Waals surface area contributed by atoms with Crippen molar-refractivity contribution < 1.29 is 22.7 Å². The van der Waals surface area contributed by atoms with Gasteiger partial charge in [0.15, 0.2) is 0 Å². The summed E-state index contributed by atoms with van der Waals surface area (Å²) in [5.74, 6) is 1.60. The van der Waals surface area contributed by atoms with Crippen molar-refractivity contribution in [3.63, 3.8) is 0 Å². The van der Waals surface area contributed by atoms with Gasteiger partial charge in [0.05, 0.1) is 35.6 Å². The van der Waals surface area contributed by atoms with Crippen molar-refractivity contribution >= 4 is 15.9 Å². The van der Waals surface area contributed by atoms with Crippen molar-refractivity contribution in [1.82, 2.24) is 4.72 Å². The van der Waals surface area contributed by atoms with Crippen LogP contribution in [-0.4, -0.2) is 44.0 Å². The van der Waals surface area contributed by atoms with E-state index in [1.165, 1.54) is 6.42 Å². The van der Waals surface area contributed by atoms with Gasteiger partial charge in [-0.15, -0.1) is 0 Å². The van der Waals surface area contributed by atoms with E-state index in [1.54, 1.807) is 0 Å². The first-order valence-electron chi connectivity index (χ1n) is 9.77. The summed E-state index contributed by atoms with van der Waals surface area (Å²) in [7, 11) is -3.68. The van der Waals surface area contributed by atoms with Gasteiger partial charge in [-0.05, 0) is 68.6 Å². The predicted molar refractivity (Wildman–Crippen MR) is 88.0 cm³/mol. The Bertz CT molecular complexity index is 698. The van der Waals surface area contributed by atoms with Gasteiger partial charge in [0, 0.05) is 0 Å². The molecule has 7 fully saturated rings. The molecule has 7 rings (SSSR count). The quantitative estimate of drug-likeness (QED) is 0.808. The molecule has 7 atom stereocenters. The third kappa shape index (κ3) is 2.34. The van der Waals surface area contributed by atoms with Crippen molar-refractivity contribution in [3.05, 3.63) is 0 Å². The summed E-state index contributed by atoms with van der Waals surface area (Å²) in [6.45, 7) is 0. The highest BCUT2D eigenvalue weighted by Crippen LogP contribution is 2.60. The fourth-order valence-electron chi connectivity index (χ4n) is 6.99. The van der Waals surface area contributed by atoms with Crippen LogP contribution in [0.2, 0.25) is 0 Å². The average Bonchev–Trinajstić information content (AvgIpc) is 3.08. The van der Waals surface area contributed by atoms with Crippen molar-refractivity contribution in [2.45, 2.75) is 68.9 Å². The van der Waals surface area contributed by atoms with Crippen LogP contribution < -0.4 is 4.72 Å². The summed E-state index contributed by atoms with van der Waals surface area (Å²) >= 11 is 0. The lowest BCUT2D eigenvalue weighted by Crippen LogP contribution is -2.59. The van der Waals surface area contributed by atoms with Gasteiger partial charge >= 0.3 is 0 Å². The molecule has 6 bridgehead atoms. The molecule has 25 heavy (non-hydrogen) atoms. The molecular weight excluding hydrogens is 342 g/mol. The van der Waals surface area contributed by atoms with Gasteiger partial charge in [-0.3, -0.25) is 9.52 Å². The highest BCUT2D eigenvalue weighted by atomic mass is 32.2. The van der Waals surface area contributed by atoms with Gasteiger partial charge in [0.25, 0.3) is 0 Å². The summed E-state index contributed by atoms with van der Waals surface area (Å²) in [4.78, 5) is 12.6. The maximum Gasteiger partial charge on any atom is 0.239 e. The minimum absolute atomic E-state index is 0.0546. The molecule has 1 N–H and O–H groups in total. The Morgan fingerprint density at radius 1 is 1.04 bits per heavy atom. The van der Waals surface area contributed by atoms with E-state index in [4.69, 9.17) is 9.47 Å². The Labute approximate surface area is 148 Å². The highest BCUT2D eigenvalue weighted by molar-refractivity contribution is 7.90. The van der Waals surface area contributed by atoms with Gasteiger partial charge in [0.2, 0.25) is 15.9 Å². The molecule has 2 unspecified atom stereocenters. The van der Waals surface area contributed by atoms with Crippen LogP contribution in [0, 0.1) is 29.6 Å². The number of fused-ring (bicyclic) bond motifs is 5. The van der Waals surface area contributed by atoms with Crippen LogP contribution >= 0.6 is 0 Å². The maximum absolute atomic E-state index is 12.7. The molecule has 0 aromatic rings. The normalized spacial score (nSPS) is 54.6. The largest absolute Gasteiger partial charge is 0.374 e. The Balaban J connectivity index is 1.16. The summed E-state index contributed by atoms with van der Waals surface area (Å²) in [6, 6.07) is 0. The lowest BCUT2D eigenvalue weighted by atomic mass is 9.63. The molecule has 1 amide bonds. The smallest absolute Gasteiger partial charge is 0.239 e. The van der Waals surface area contributed by atoms with E-state index in [2.05, 4.69) is 4.72 Å². The number of hydrogen-bond donors (Lipinski definition) is 1. The molecular formula is C18H25NO5S. The summed E-state index contributed by atoms with van der Waals surface area (Å²) in [5.41, 5.74) is -0.562. The first kappa shape index (κ1) is 15.4. The molecule has 4 heterocycles. The second-order valence-electron chi connectivity index (χ2n) is 9.54. The third-order valence-corrected chi connectivity index (χ3v) is 9.07. The van der Waals surface area contributed by atoms with E-state index in [9.17, 15) is 13.2 Å². The minimum atomic E-state index is -3.68. The first-order chi connectivity index (χ1) is 11.9. The SMILES string of the molecule is O=C(NS(=O)(=O)CC12CC3CC(CC(C3)O1)C2)[C@@H]1C[C@@H]2O[C@H]1[C@H]1C[C@H]12. The fourth-order valence-corrected chi connectivity index (χ4v) is 8.52. The highest BCUT2D eigenvalue weighted by Gasteiger charge is 2.64. The van der Waals surface area contributed by atoms with Crippen molar-refractivity contribution in [1.29, 1.82) is 0 Å². The van der Waals surface area contributed by atoms with Crippen molar-refractivity contribution in [2.24, 2.45) is 29.6 Å². The van der Waals surface area contributed by atoms with Crippen molar-refractivity contribution in [3.8, 4) is 0 Å². The molecule has 3 aliphatic carbocycles. The summed E-state index contributed by atoms with van der Waals surface area (Å²) in [5, 5.41) is 0. The monoisotopic (exact) mass is 367 g/mol. The van der Waals surface area contributed by atoms with Gasteiger partial charge in [-0.1, -0.05) is 0 Å². The number of nitrogens with one attached hydrogen (secondary N) is 1. The van der Waals surface area contributed by atoms with E-state index in [-0.39, 0.29) is 35.9 Å². The molecule has 0 aromatic carbocycles. The second-order valence-corrected chi connectivity index (χ2v) is 11.3. The Morgan fingerprint density at radius 3 is 2.44 bits per heavy atom. The van der Waals surface area contributed by atoms with Gasteiger partial charge in [0.1, 0.15) is 0 Å². The molecule has 0 aromatic heterocycles. The van der Waals surface area contributed by atoms with Gasteiger partial charge in [-0.2, -0.15) is 0 Å². The second kappa shape index (κ2) is 4.78. The van der Waals surface area contributed by atoms with E-state index in [0.717, 1.165) is 32.1 Å². The molecule has 0 radical (unpaired) electrons. The summed E-state index contributed by atoms with van der Waals surface area (Å²) in [6.07, 6.45) is 7.22. The first-order valence-corrected chi connectivity index (χ1v) is 11.4. The van der Waals surface area contributed by atoms with Crippen LogP contribution in [0.15, 0.2) is 0 Å². The lowest BCUT2D eigenvalue weighted by Gasteiger charge is -2.56. The number of carbonyl (C=O) groups excluding carboxylic acids is 1. The van der Waals surface area contributed by atoms with Crippen molar-refractivity contribution in [2.75, 3.05) is 5.75 Å². The number of sulfonamides is 1. The number of carbonyl (C=O) groups is 1. The van der Waals surface area contributed by atoms with E-state index in [0.29, 0.717) is 30.1 Å². The number of rotatable bonds is 4. The number of ether oxygens (including phenoxy) is 2. The topological polar surface area (TPSA) is 81.7 Å². The molecule has 3 saturated carbocycles. The molecule has 0 spiro atoms. The number of hydrogen-bond acceptors (Lipinski definition) is 5. The number of amides is 1. The molecule has 4 aliphatic heterocycles. The van der Waals surface area contributed by atoms with Crippen LogP contribution in [0.5, 0.6) is 0 Å². The van der Waals surface area contributed by atoms with Gasteiger partial charge < -0.3 is 9.47 Å². The Hall–Kier alpha value is -0.660. The van der Waals surface area contributed by atoms with Gasteiger partial charge in [-0.25, -0.2) is 8.42 Å². The summed E-state index contributed by atoms with van der Waals surface area (Å²) < 4.78 is 39.8. The zero-order chi connectivity index (χ0) is 17.0. The molecule has 138 valence electrons. The van der Waals surface area contributed by atoms with Crippen LogP contribution in [0.1, 0.15) is 44.9 Å². The average molecular weight is 367 g/mol. The van der Waals surface area contributed by atoms with E-state index >= 15 is 0 Å². The standard InChI is InChI=1S/C18H25NO5S/c20-17(14-5-15-12-4-13(12)16(14)23-15)19-25(21,22)8-18-6-9-1-10(7-18)3-11(2-9)24-18/h9-16H,1-8H2,(H,19,20)/t9?,10?,11?,12-,13+,14-,15+,16+,18?/m1/s1. The Kier molecular flexibility index (Phi) is 2.95. The van der Waals surface area contributed by atoms with Crippen LogP contribution in [0.3, 0.4) is 0 Å². The Morgan fingerprint density at radius 2 is 1.80 bits per heavy atom. The zero-order valence-electron chi connectivity index (χ0n) is 14.2. The zero-order valence-corrected chi connectivity index (χ0v) is 15.0. The molecule has 6 nitrogen and oxygen atoms in total. The van der Waals surface area contributed by atoms with Crippen LogP contribution in [0.25, 0.3) is 0 Å². The maximum atomic E-state index is 12.7. The van der Waals surface area contributed by atoms with Crippen LogP contribution in [-0.2, 0) is 24.3 Å². The minimum Gasteiger partial charge on any atom is -0.374 e. The molecule has 7 aliphatic rings. The lowest BCUT2D eigenvalue weighted by molar-refractivity contribution is -0.208. The molecule has 4 saturated heterocycles. The van der Waals surface area contributed by atoms with E-state index in [1.807, 2.05) is 0 Å².